The maximum Gasteiger partial charge on any atom is 0.137 e. The van der Waals surface area contributed by atoms with Gasteiger partial charge in [-0.1, -0.05) is 26.2 Å². The van der Waals surface area contributed by atoms with Crippen LogP contribution in [-0.4, -0.2) is 19.3 Å². The van der Waals surface area contributed by atoms with Gasteiger partial charge in [0.25, 0.3) is 0 Å². The molecule has 1 aromatic heterocycles. The lowest BCUT2D eigenvalue weighted by molar-refractivity contribution is -0.0731. The molecule has 0 spiro atoms. The summed E-state index contributed by atoms with van der Waals surface area (Å²) in [5.74, 6) is 0.959. The molecule has 3 nitrogen and oxygen atoms in total. The molecule has 0 aromatic carbocycles. The molecule has 18 heavy (non-hydrogen) atoms. The Labute approximate surface area is 117 Å². The zero-order valence-corrected chi connectivity index (χ0v) is 12.8. The van der Waals surface area contributed by atoms with Gasteiger partial charge in [-0.3, -0.25) is 0 Å². The van der Waals surface area contributed by atoms with E-state index in [1.54, 1.807) is 6.26 Å². The van der Waals surface area contributed by atoms with Crippen molar-refractivity contribution >= 4 is 15.9 Å². The second kappa shape index (κ2) is 6.22. The minimum atomic E-state index is -0.130. The van der Waals surface area contributed by atoms with E-state index < -0.39 is 0 Å². The van der Waals surface area contributed by atoms with Crippen LogP contribution in [0.25, 0.3) is 0 Å². The van der Waals surface area contributed by atoms with Crippen molar-refractivity contribution in [1.82, 2.24) is 5.32 Å². The monoisotopic (exact) mass is 315 g/mol. The van der Waals surface area contributed by atoms with Crippen molar-refractivity contribution in [2.75, 3.05) is 13.7 Å². The van der Waals surface area contributed by atoms with Crippen molar-refractivity contribution in [3.05, 3.63) is 22.6 Å². The molecule has 0 amide bonds. The molecular formula is C14H22BrNO2. The van der Waals surface area contributed by atoms with E-state index in [-0.39, 0.29) is 11.6 Å². The van der Waals surface area contributed by atoms with Gasteiger partial charge in [-0.2, -0.15) is 0 Å². The van der Waals surface area contributed by atoms with E-state index in [4.69, 9.17) is 9.15 Å². The number of methoxy groups -OCH3 is 1. The van der Waals surface area contributed by atoms with Crippen LogP contribution in [0.5, 0.6) is 0 Å². The number of hydrogen-bond acceptors (Lipinski definition) is 3. The number of likely N-dealkylation sites (N-methyl/N-ethyl adjacent to an activating group) is 1. The number of nitrogens with one attached hydrogen (secondary N) is 1. The molecular weight excluding hydrogens is 294 g/mol. The van der Waals surface area contributed by atoms with Crippen molar-refractivity contribution in [3.63, 3.8) is 0 Å². The molecule has 0 aliphatic heterocycles. The van der Waals surface area contributed by atoms with Crippen molar-refractivity contribution in [1.29, 1.82) is 0 Å². The number of halogens is 1. The summed E-state index contributed by atoms with van der Waals surface area (Å²) in [4.78, 5) is 0. The van der Waals surface area contributed by atoms with Crippen LogP contribution in [0.3, 0.4) is 0 Å². The molecule has 1 aromatic rings. The van der Waals surface area contributed by atoms with Gasteiger partial charge >= 0.3 is 0 Å². The molecule has 0 saturated heterocycles. The van der Waals surface area contributed by atoms with Gasteiger partial charge in [0.2, 0.25) is 0 Å². The molecule has 2 rings (SSSR count). The molecule has 1 saturated carbocycles. The van der Waals surface area contributed by atoms with Crippen molar-refractivity contribution < 1.29 is 9.15 Å². The third-order valence-corrected chi connectivity index (χ3v) is 4.60. The SMILES string of the molecule is CCNC(c1occc1Br)C1(OC)CCCCC1. The van der Waals surface area contributed by atoms with Crippen LogP contribution in [-0.2, 0) is 4.74 Å². The molecule has 4 heteroatoms. The molecule has 1 N–H and O–H groups in total. The maximum atomic E-state index is 5.93. The van der Waals surface area contributed by atoms with Crippen LogP contribution in [0.1, 0.15) is 50.8 Å². The average molecular weight is 316 g/mol. The molecule has 0 bridgehead atoms. The molecule has 1 unspecified atom stereocenters. The summed E-state index contributed by atoms with van der Waals surface area (Å²) in [7, 11) is 1.83. The molecule has 0 radical (unpaired) electrons. The van der Waals surface area contributed by atoms with Gasteiger partial charge in [-0.05, 0) is 41.4 Å². The van der Waals surface area contributed by atoms with E-state index in [9.17, 15) is 0 Å². The minimum absolute atomic E-state index is 0.122. The molecule has 1 aliphatic rings. The summed E-state index contributed by atoms with van der Waals surface area (Å²) in [6.45, 7) is 3.03. The Hall–Kier alpha value is -0.320. The third kappa shape index (κ3) is 2.65. The number of furan rings is 1. The third-order valence-electron chi connectivity index (χ3n) is 3.95. The summed E-state index contributed by atoms with van der Waals surface area (Å²) < 4.78 is 12.6. The molecule has 1 aliphatic carbocycles. The van der Waals surface area contributed by atoms with E-state index in [1.807, 2.05) is 13.2 Å². The Balaban J connectivity index is 2.30. The second-order valence-corrected chi connectivity index (χ2v) is 5.81. The summed E-state index contributed by atoms with van der Waals surface area (Å²) in [6.07, 6.45) is 7.68. The van der Waals surface area contributed by atoms with Crippen LogP contribution in [0.15, 0.2) is 21.2 Å². The van der Waals surface area contributed by atoms with E-state index >= 15 is 0 Å². The Morgan fingerprint density at radius 3 is 2.67 bits per heavy atom. The molecule has 1 atom stereocenters. The van der Waals surface area contributed by atoms with Gasteiger partial charge in [-0.15, -0.1) is 0 Å². The fourth-order valence-corrected chi connectivity index (χ4v) is 3.42. The van der Waals surface area contributed by atoms with E-state index in [0.717, 1.165) is 29.6 Å². The standard InChI is InChI=1S/C14H22BrNO2/c1-3-16-13(12-11(15)7-10-18-12)14(17-2)8-5-4-6-9-14/h7,10,13,16H,3-6,8-9H2,1-2H3. The van der Waals surface area contributed by atoms with Gasteiger partial charge < -0.3 is 14.5 Å². The topological polar surface area (TPSA) is 34.4 Å². The Kier molecular flexibility index (Phi) is 4.87. The Morgan fingerprint density at radius 2 is 2.17 bits per heavy atom. The zero-order chi connectivity index (χ0) is 13.0. The van der Waals surface area contributed by atoms with Crippen LogP contribution >= 0.6 is 15.9 Å². The van der Waals surface area contributed by atoms with Gasteiger partial charge in [0.05, 0.1) is 22.4 Å². The number of ether oxygens (including phenoxy) is 1. The molecule has 1 fully saturated rings. The van der Waals surface area contributed by atoms with Crippen molar-refractivity contribution in [2.24, 2.45) is 0 Å². The lowest BCUT2D eigenvalue weighted by atomic mass is 9.78. The van der Waals surface area contributed by atoms with E-state index in [1.165, 1.54) is 19.3 Å². The Bertz CT molecular complexity index is 372. The van der Waals surface area contributed by atoms with Crippen LogP contribution in [0.4, 0.5) is 0 Å². The first-order chi connectivity index (χ1) is 8.73. The number of rotatable bonds is 5. The maximum absolute atomic E-state index is 5.93. The minimum Gasteiger partial charge on any atom is -0.466 e. The fourth-order valence-electron chi connectivity index (χ4n) is 2.99. The van der Waals surface area contributed by atoms with Gasteiger partial charge in [0, 0.05) is 7.11 Å². The predicted molar refractivity (Wildman–Crippen MR) is 75.7 cm³/mol. The molecule has 102 valence electrons. The normalized spacial score (nSPS) is 20.8. The quantitative estimate of drug-likeness (QED) is 0.890. The second-order valence-electron chi connectivity index (χ2n) is 4.95. The van der Waals surface area contributed by atoms with Crippen LogP contribution < -0.4 is 5.32 Å². The Morgan fingerprint density at radius 1 is 1.44 bits per heavy atom. The summed E-state index contributed by atoms with van der Waals surface area (Å²) in [6, 6.07) is 2.07. The van der Waals surface area contributed by atoms with Crippen molar-refractivity contribution in [3.8, 4) is 0 Å². The smallest absolute Gasteiger partial charge is 0.137 e. The highest BCUT2D eigenvalue weighted by Gasteiger charge is 2.42. The summed E-state index contributed by atoms with van der Waals surface area (Å²) in [5, 5.41) is 3.54. The average Bonchev–Trinajstić information content (AvgIpc) is 2.83. The highest BCUT2D eigenvalue weighted by atomic mass is 79.9. The first-order valence-electron chi connectivity index (χ1n) is 6.75. The first-order valence-corrected chi connectivity index (χ1v) is 7.54. The highest BCUT2D eigenvalue weighted by Crippen LogP contribution is 2.43. The fraction of sp³-hybridized carbons (Fsp3) is 0.714. The van der Waals surface area contributed by atoms with E-state index in [0.29, 0.717) is 0 Å². The van der Waals surface area contributed by atoms with Gasteiger partial charge in [0.15, 0.2) is 0 Å². The predicted octanol–water partition coefficient (Wildman–Crippen LogP) is 4.04. The van der Waals surface area contributed by atoms with Crippen LogP contribution in [0, 0.1) is 0 Å². The van der Waals surface area contributed by atoms with Gasteiger partial charge in [-0.25, -0.2) is 0 Å². The zero-order valence-electron chi connectivity index (χ0n) is 11.2. The highest BCUT2D eigenvalue weighted by molar-refractivity contribution is 9.10. The van der Waals surface area contributed by atoms with Gasteiger partial charge in [0.1, 0.15) is 5.76 Å². The lowest BCUT2D eigenvalue weighted by Gasteiger charge is -2.42. The summed E-state index contributed by atoms with van der Waals surface area (Å²) in [5.41, 5.74) is -0.130. The van der Waals surface area contributed by atoms with Crippen LogP contribution in [0.2, 0.25) is 0 Å². The molecule has 1 heterocycles. The van der Waals surface area contributed by atoms with Crippen molar-refractivity contribution in [2.45, 2.75) is 50.7 Å². The van der Waals surface area contributed by atoms with E-state index in [2.05, 4.69) is 28.2 Å². The summed E-state index contributed by atoms with van der Waals surface area (Å²) >= 11 is 3.57. The first kappa shape index (κ1) is 14.1. The lowest BCUT2D eigenvalue weighted by Crippen LogP contribution is -2.47. The largest absolute Gasteiger partial charge is 0.466 e. The number of hydrogen-bond donors (Lipinski definition) is 1.